The normalized spacial score (nSPS) is 12.2. The molecule has 0 bridgehead atoms. The van der Waals surface area contributed by atoms with Crippen molar-refractivity contribution in [1.82, 2.24) is 14.9 Å². The quantitative estimate of drug-likeness (QED) is 0.793. The molecule has 1 aromatic rings. The molecule has 1 rings (SSSR count). The van der Waals surface area contributed by atoms with Crippen LogP contribution in [0.4, 0.5) is 23.5 Å². The summed E-state index contributed by atoms with van der Waals surface area (Å²) in [7, 11) is 5.32. The van der Waals surface area contributed by atoms with E-state index in [9.17, 15) is 17.6 Å². The standard InChI is InChI=1S/C10H16F4N4/c1-17(2)9-16-5-7(18(9)3)4-15-6-10(13,14)8(11)12/h5,8,15H,4,6H2,1-3H3. The molecule has 1 N–H and O–H groups in total. The lowest BCUT2D eigenvalue weighted by Gasteiger charge is -2.16. The van der Waals surface area contributed by atoms with Crippen molar-refractivity contribution in [3.05, 3.63) is 11.9 Å². The molecular formula is C10H16F4N4. The fraction of sp³-hybridized carbons (Fsp3) is 0.700. The number of imidazole rings is 1. The molecule has 0 aliphatic rings. The van der Waals surface area contributed by atoms with Gasteiger partial charge in [0, 0.05) is 27.7 Å². The SMILES string of the molecule is CN(C)c1ncc(CNCC(F)(F)C(F)F)n1C. The summed E-state index contributed by atoms with van der Waals surface area (Å²) in [6.07, 6.45) is -2.14. The van der Waals surface area contributed by atoms with Crippen molar-refractivity contribution in [2.24, 2.45) is 7.05 Å². The van der Waals surface area contributed by atoms with Gasteiger partial charge in [-0.05, 0) is 0 Å². The smallest absolute Gasteiger partial charge is 0.319 e. The van der Waals surface area contributed by atoms with Gasteiger partial charge in [0.05, 0.1) is 18.4 Å². The minimum absolute atomic E-state index is 0.0552. The molecule has 0 saturated carbocycles. The van der Waals surface area contributed by atoms with Crippen molar-refractivity contribution in [3.8, 4) is 0 Å². The predicted octanol–water partition coefficient (Wildman–Crippen LogP) is 1.48. The first-order chi connectivity index (χ1) is 8.25. The molecule has 4 nitrogen and oxygen atoms in total. The molecule has 0 aliphatic heterocycles. The van der Waals surface area contributed by atoms with Crippen LogP contribution < -0.4 is 10.2 Å². The second-order valence-electron chi connectivity index (χ2n) is 4.17. The number of nitrogens with one attached hydrogen (secondary N) is 1. The lowest BCUT2D eigenvalue weighted by Crippen LogP contribution is -2.38. The Morgan fingerprint density at radius 2 is 2.06 bits per heavy atom. The molecule has 0 unspecified atom stereocenters. The van der Waals surface area contributed by atoms with Gasteiger partial charge in [0.1, 0.15) is 0 Å². The molecule has 1 aromatic heterocycles. The van der Waals surface area contributed by atoms with Crippen LogP contribution >= 0.6 is 0 Å². The van der Waals surface area contributed by atoms with E-state index in [-0.39, 0.29) is 6.54 Å². The first-order valence-corrected chi connectivity index (χ1v) is 5.30. The molecule has 0 saturated heterocycles. The number of halogens is 4. The summed E-state index contributed by atoms with van der Waals surface area (Å²) in [5.74, 6) is -3.35. The molecule has 0 amide bonds. The number of nitrogens with zero attached hydrogens (tertiary/aromatic N) is 3. The van der Waals surface area contributed by atoms with Gasteiger partial charge in [-0.25, -0.2) is 13.8 Å². The summed E-state index contributed by atoms with van der Waals surface area (Å²) in [5.41, 5.74) is 0.642. The van der Waals surface area contributed by atoms with Crippen LogP contribution in [-0.2, 0) is 13.6 Å². The van der Waals surface area contributed by atoms with E-state index in [4.69, 9.17) is 0 Å². The number of hydrogen-bond donors (Lipinski definition) is 1. The van der Waals surface area contributed by atoms with Crippen LogP contribution in [0.2, 0.25) is 0 Å². The van der Waals surface area contributed by atoms with Gasteiger partial charge in [0.15, 0.2) is 0 Å². The zero-order valence-electron chi connectivity index (χ0n) is 10.4. The van der Waals surface area contributed by atoms with Gasteiger partial charge in [0.2, 0.25) is 5.95 Å². The molecular weight excluding hydrogens is 252 g/mol. The lowest BCUT2D eigenvalue weighted by molar-refractivity contribution is -0.125. The van der Waals surface area contributed by atoms with E-state index < -0.39 is 18.9 Å². The topological polar surface area (TPSA) is 33.1 Å². The van der Waals surface area contributed by atoms with Crippen LogP contribution in [0, 0.1) is 0 Å². The molecule has 0 atom stereocenters. The molecule has 0 spiro atoms. The van der Waals surface area contributed by atoms with Gasteiger partial charge in [0.25, 0.3) is 0 Å². The summed E-state index contributed by atoms with van der Waals surface area (Å²) in [5, 5.41) is 2.31. The van der Waals surface area contributed by atoms with Crippen molar-refractivity contribution in [1.29, 1.82) is 0 Å². The Morgan fingerprint density at radius 3 is 2.50 bits per heavy atom. The number of aromatic nitrogens is 2. The molecule has 0 aromatic carbocycles. The number of hydrogen-bond acceptors (Lipinski definition) is 3. The highest BCUT2D eigenvalue weighted by molar-refractivity contribution is 5.30. The minimum atomic E-state index is -4.01. The van der Waals surface area contributed by atoms with Gasteiger partial charge in [-0.1, -0.05) is 0 Å². The molecule has 18 heavy (non-hydrogen) atoms. The Morgan fingerprint density at radius 1 is 1.44 bits per heavy atom. The Hall–Kier alpha value is -1.31. The first-order valence-electron chi connectivity index (χ1n) is 5.30. The second-order valence-corrected chi connectivity index (χ2v) is 4.17. The molecule has 8 heteroatoms. The lowest BCUT2D eigenvalue weighted by atomic mass is 10.3. The van der Waals surface area contributed by atoms with Gasteiger partial charge in [-0.15, -0.1) is 0 Å². The van der Waals surface area contributed by atoms with Gasteiger partial charge in [-0.2, -0.15) is 8.78 Å². The fourth-order valence-electron chi connectivity index (χ4n) is 1.45. The average molecular weight is 268 g/mol. The van der Waals surface area contributed by atoms with Crippen LogP contribution in [0.5, 0.6) is 0 Å². The Kier molecular flexibility index (Phi) is 4.55. The predicted molar refractivity (Wildman–Crippen MR) is 60.2 cm³/mol. The zero-order chi connectivity index (χ0) is 13.9. The van der Waals surface area contributed by atoms with Crippen molar-refractivity contribution in [3.63, 3.8) is 0 Å². The van der Waals surface area contributed by atoms with Crippen LogP contribution in [-0.4, -0.2) is 42.5 Å². The van der Waals surface area contributed by atoms with Crippen molar-refractivity contribution in [2.45, 2.75) is 18.9 Å². The molecule has 0 fully saturated rings. The number of alkyl halides is 4. The maximum atomic E-state index is 12.6. The fourth-order valence-corrected chi connectivity index (χ4v) is 1.45. The van der Waals surface area contributed by atoms with Crippen LogP contribution in [0.15, 0.2) is 6.20 Å². The molecule has 0 aliphatic carbocycles. The second kappa shape index (κ2) is 5.55. The Labute approximate surface area is 103 Å². The van der Waals surface area contributed by atoms with Crippen LogP contribution in [0.3, 0.4) is 0 Å². The van der Waals surface area contributed by atoms with E-state index in [0.29, 0.717) is 11.6 Å². The summed E-state index contributed by atoms with van der Waals surface area (Å²) in [6.45, 7) is -1.01. The van der Waals surface area contributed by atoms with Gasteiger partial charge >= 0.3 is 12.3 Å². The Bertz CT molecular complexity index is 389. The summed E-state index contributed by atoms with van der Waals surface area (Å²) >= 11 is 0. The zero-order valence-corrected chi connectivity index (χ0v) is 10.4. The van der Waals surface area contributed by atoms with Gasteiger partial charge < -0.3 is 14.8 Å². The first kappa shape index (κ1) is 14.7. The average Bonchev–Trinajstić information content (AvgIpc) is 2.60. The molecule has 1 heterocycles. The summed E-state index contributed by atoms with van der Waals surface area (Å²) in [6, 6.07) is 0. The highest BCUT2D eigenvalue weighted by atomic mass is 19.3. The highest BCUT2D eigenvalue weighted by Gasteiger charge is 2.40. The third kappa shape index (κ3) is 3.34. The van der Waals surface area contributed by atoms with Crippen molar-refractivity contribution >= 4 is 5.95 Å². The van der Waals surface area contributed by atoms with Crippen molar-refractivity contribution < 1.29 is 17.6 Å². The van der Waals surface area contributed by atoms with Gasteiger partial charge in [-0.3, -0.25) is 0 Å². The van der Waals surface area contributed by atoms with Crippen LogP contribution in [0.25, 0.3) is 0 Å². The van der Waals surface area contributed by atoms with E-state index in [0.717, 1.165) is 0 Å². The summed E-state index contributed by atoms with van der Waals surface area (Å²) in [4.78, 5) is 5.84. The van der Waals surface area contributed by atoms with E-state index in [1.165, 1.54) is 6.20 Å². The maximum absolute atomic E-state index is 12.6. The van der Waals surface area contributed by atoms with E-state index >= 15 is 0 Å². The Balaban J connectivity index is 2.55. The number of anilines is 1. The largest absolute Gasteiger partial charge is 0.348 e. The van der Waals surface area contributed by atoms with Crippen molar-refractivity contribution in [2.75, 3.05) is 25.5 Å². The van der Waals surface area contributed by atoms with E-state index in [2.05, 4.69) is 10.3 Å². The maximum Gasteiger partial charge on any atom is 0.319 e. The van der Waals surface area contributed by atoms with E-state index in [1.54, 1.807) is 30.6 Å². The van der Waals surface area contributed by atoms with Crippen LogP contribution in [0.1, 0.15) is 5.69 Å². The number of rotatable bonds is 6. The third-order valence-electron chi connectivity index (χ3n) is 2.45. The molecule has 0 radical (unpaired) electrons. The monoisotopic (exact) mass is 268 g/mol. The van der Waals surface area contributed by atoms with E-state index in [1.807, 2.05) is 0 Å². The third-order valence-corrected chi connectivity index (χ3v) is 2.45. The molecule has 104 valence electrons. The summed E-state index contributed by atoms with van der Waals surface area (Å²) < 4.78 is 50.8. The minimum Gasteiger partial charge on any atom is -0.348 e. The highest BCUT2D eigenvalue weighted by Crippen LogP contribution is 2.21.